The molecule has 0 saturated heterocycles. The minimum absolute atomic E-state index is 0.950. The van der Waals surface area contributed by atoms with Gasteiger partial charge in [0.1, 0.15) is 0 Å². The van der Waals surface area contributed by atoms with E-state index in [4.69, 9.17) is 0 Å². The van der Waals surface area contributed by atoms with E-state index < -0.39 is 0 Å². The Kier molecular flexibility index (Phi) is 5.10. The van der Waals surface area contributed by atoms with Crippen LogP contribution < -0.4 is 0 Å². The van der Waals surface area contributed by atoms with Gasteiger partial charge in [0.05, 0.1) is 17.1 Å². The lowest BCUT2D eigenvalue weighted by atomic mass is 9.98. The molecule has 4 nitrogen and oxygen atoms in total. The molecule has 0 atom stereocenters. The Morgan fingerprint density at radius 2 is 0.969 bits per heavy atom. The molecule has 0 bridgehead atoms. The van der Waals surface area contributed by atoms with Crippen molar-refractivity contribution in [2.24, 2.45) is 0 Å². The van der Waals surface area contributed by atoms with Gasteiger partial charge in [0.25, 0.3) is 0 Å². The van der Waals surface area contributed by atoms with Crippen molar-refractivity contribution in [3.63, 3.8) is 0 Å². The Labute approximate surface area is 187 Å². The molecule has 0 spiro atoms. The molecule has 0 aliphatic heterocycles. The van der Waals surface area contributed by atoms with Crippen LogP contribution in [0, 0.1) is 0 Å². The van der Waals surface area contributed by atoms with Crippen molar-refractivity contribution in [3.05, 3.63) is 132 Å². The van der Waals surface area contributed by atoms with Crippen LogP contribution in [-0.2, 0) is 0 Å². The van der Waals surface area contributed by atoms with Crippen LogP contribution >= 0.6 is 0 Å². The zero-order valence-corrected chi connectivity index (χ0v) is 17.4. The molecule has 6 rings (SSSR count). The van der Waals surface area contributed by atoms with Crippen molar-refractivity contribution in [1.82, 2.24) is 19.9 Å². The van der Waals surface area contributed by atoms with E-state index >= 15 is 0 Å². The number of nitrogens with zero attached hydrogens (tertiary/aromatic N) is 4. The van der Waals surface area contributed by atoms with Gasteiger partial charge < -0.3 is 0 Å². The van der Waals surface area contributed by atoms with E-state index in [0.717, 1.165) is 56.0 Å². The van der Waals surface area contributed by atoms with Gasteiger partial charge in [-0.2, -0.15) is 0 Å². The topological polar surface area (TPSA) is 51.6 Å². The highest BCUT2D eigenvalue weighted by atomic mass is 14.7. The molecule has 0 radical (unpaired) electrons. The summed E-state index contributed by atoms with van der Waals surface area (Å²) < 4.78 is 0. The quantitative estimate of drug-likeness (QED) is 0.305. The third kappa shape index (κ3) is 3.59. The predicted octanol–water partition coefficient (Wildman–Crippen LogP) is 6.04. The summed E-state index contributed by atoms with van der Waals surface area (Å²) in [5.41, 5.74) is 10.3. The molecule has 32 heavy (non-hydrogen) atoms. The van der Waals surface area contributed by atoms with Crippen molar-refractivity contribution >= 4 is 35.5 Å². The summed E-state index contributed by atoms with van der Waals surface area (Å²) in [7, 11) is 0. The molecule has 4 heterocycles. The summed E-state index contributed by atoms with van der Waals surface area (Å²) in [6.45, 7) is 8.29. The van der Waals surface area contributed by atoms with Gasteiger partial charge in [0.15, 0.2) is 0 Å². The van der Waals surface area contributed by atoms with Crippen LogP contribution in [0.1, 0.15) is 44.9 Å². The Morgan fingerprint density at radius 1 is 0.500 bits per heavy atom. The zero-order valence-electron chi connectivity index (χ0n) is 17.4. The van der Waals surface area contributed by atoms with Crippen LogP contribution in [0.15, 0.2) is 86.6 Å². The molecule has 0 N–H and O–H groups in total. The van der Waals surface area contributed by atoms with Gasteiger partial charge in [-0.05, 0) is 59.2 Å². The average Bonchev–Trinajstić information content (AvgIpc) is 3.09. The zero-order chi connectivity index (χ0) is 21.9. The molecule has 0 saturated carbocycles. The molecule has 4 heteroatoms. The smallest absolute Gasteiger partial charge is 0.0708 e. The largest absolute Gasteiger partial charge is 0.264 e. The average molecular weight is 412 g/mol. The van der Waals surface area contributed by atoms with E-state index in [-0.39, 0.29) is 0 Å². The number of hydrogen-bond acceptors (Lipinski definition) is 4. The summed E-state index contributed by atoms with van der Waals surface area (Å²) in [6, 6.07) is 13.9. The summed E-state index contributed by atoms with van der Waals surface area (Å²) in [4.78, 5) is 17.1. The fraction of sp³-hybridized carbons (Fsp3) is 0. The van der Waals surface area contributed by atoms with E-state index in [1.807, 2.05) is 73.0 Å². The second-order valence-electron chi connectivity index (χ2n) is 7.40. The van der Waals surface area contributed by atoms with Crippen LogP contribution in [-0.4, -0.2) is 19.9 Å². The fourth-order valence-corrected chi connectivity index (χ4v) is 3.85. The standard InChI is InChI=1S/2C14H10N2/c1-10-11-4-2-8-15-13(11)6-7-14-12(10)5-3-9-16-14;1-10-12-6-8-15-9-11(12)4-5-14-13(10)3-2-7-16-14/h2*2-9H,1H2. The minimum atomic E-state index is 0.950. The summed E-state index contributed by atoms with van der Waals surface area (Å²) in [5.74, 6) is 0. The highest BCUT2D eigenvalue weighted by Gasteiger charge is 2.14. The number of pyridine rings is 4. The van der Waals surface area contributed by atoms with Crippen LogP contribution in [0.2, 0.25) is 0 Å². The second-order valence-corrected chi connectivity index (χ2v) is 7.40. The SMILES string of the molecule is C=C1c2cccnc2C=Cc2ncccc21.C=C1c2ccncc2C=Cc2ncccc21. The third-order valence-corrected chi connectivity index (χ3v) is 5.49. The first-order chi connectivity index (χ1) is 15.7. The van der Waals surface area contributed by atoms with E-state index in [0.29, 0.717) is 0 Å². The molecule has 2 aliphatic rings. The monoisotopic (exact) mass is 412 g/mol. The first-order valence-corrected chi connectivity index (χ1v) is 10.3. The van der Waals surface area contributed by atoms with Crippen LogP contribution in [0.5, 0.6) is 0 Å². The first-order valence-electron chi connectivity index (χ1n) is 10.3. The highest BCUT2D eigenvalue weighted by molar-refractivity contribution is 5.92. The maximum Gasteiger partial charge on any atom is 0.0708 e. The van der Waals surface area contributed by atoms with Gasteiger partial charge in [-0.1, -0.05) is 37.4 Å². The van der Waals surface area contributed by atoms with Gasteiger partial charge >= 0.3 is 0 Å². The summed E-state index contributed by atoms with van der Waals surface area (Å²) >= 11 is 0. The second kappa shape index (κ2) is 8.36. The Morgan fingerprint density at radius 3 is 1.50 bits per heavy atom. The molecule has 0 fully saturated rings. The van der Waals surface area contributed by atoms with Crippen LogP contribution in [0.4, 0.5) is 0 Å². The first kappa shape index (κ1) is 19.5. The van der Waals surface area contributed by atoms with Gasteiger partial charge in [0.2, 0.25) is 0 Å². The van der Waals surface area contributed by atoms with E-state index in [2.05, 4.69) is 33.1 Å². The lowest BCUT2D eigenvalue weighted by Gasteiger charge is -2.08. The van der Waals surface area contributed by atoms with Crippen molar-refractivity contribution in [2.75, 3.05) is 0 Å². The number of fused-ring (bicyclic) bond motifs is 4. The Hall–Kier alpha value is -4.44. The molecule has 0 aromatic carbocycles. The number of hydrogen-bond donors (Lipinski definition) is 0. The van der Waals surface area contributed by atoms with E-state index in [1.54, 1.807) is 24.8 Å². The van der Waals surface area contributed by atoms with Crippen molar-refractivity contribution < 1.29 is 0 Å². The molecular formula is C28H20N4. The molecule has 152 valence electrons. The van der Waals surface area contributed by atoms with Gasteiger partial charge in [-0.15, -0.1) is 0 Å². The van der Waals surface area contributed by atoms with Crippen LogP contribution in [0.3, 0.4) is 0 Å². The predicted molar refractivity (Wildman–Crippen MR) is 131 cm³/mol. The Balaban J connectivity index is 0.000000135. The number of rotatable bonds is 0. The molecule has 4 aromatic rings. The van der Waals surface area contributed by atoms with Crippen LogP contribution in [0.25, 0.3) is 35.5 Å². The maximum atomic E-state index is 4.34. The maximum absolute atomic E-state index is 4.34. The molecule has 4 aromatic heterocycles. The minimum Gasteiger partial charge on any atom is -0.264 e. The van der Waals surface area contributed by atoms with Gasteiger partial charge in [0, 0.05) is 53.2 Å². The van der Waals surface area contributed by atoms with Crippen molar-refractivity contribution in [1.29, 1.82) is 0 Å². The fourth-order valence-electron chi connectivity index (χ4n) is 3.85. The number of aromatic nitrogens is 4. The molecule has 0 unspecified atom stereocenters. The van der Waals surface area contributed by atoms with Gasteiger partial charge in [-0.25, -0.2) is 0 Å². The van der Waals surface area contributed by atoms with Crippen molar-refractivity contribution in [3.8, 4) is 0 Å². The molecular weight excluding hydrogens is 392 g/mol. The van der Waals surface area contributed by atoms with Crippen molar-refractivity contribution in [2.45, 2.75) is 0 Å². The Bertz CT molecular complexity index is 1200. The highest BCUT2D eigenvalue weighted by Crippen LogP contribution is 2.31. The normalized spacial score (nSPS) is 12.9. The van der Waals surface area contributed by atoms with E-state index in [1.165, 1.54) is 0 Å². The summed E-state index contributed by atoms with van der Waals surface area (Å²) in [6.07, 6.45) is 17.0. The third-order valence-electron chi connectivity index (χ3n) is 5.49. The summed E-state index contributed by atoms with van der Waals surface area (Å²) in [5, 5.41) is 0. The lowest BCUT2D eigenvalue weighted by Crippen LogP contribution is -1.92. The molecule has 0 amide bonds. The van der Waals surface area contributed by atoms with E-state index in [9.17, 15) is 0 Å². The molecule has 2 aliphatic carbocycles. The van der Waals surface area contributed by atoms with Gasteiger partial charge in [-0.3, -0.25) is 19.9 Å². The lowest BCUT2D eigenvalue weighted by molar-refractivity contribution is 1.27.